The second kappa shape index (κ2) is 7.95. The van der Waals surface area contributed by atoms with Crippen LogP contribution in [-0.4, -0.2) is 11.6 Å². The van der Waals surface area contributed by atoms with E-state index in [4.69, 9.17) is 10.5 Å². The highest BCUT2D eigenvalue weighted by Gasteiger charge is 1.91. The molecule has 0 radical (unpaired) electrons. The summed E-state index contributed by atoms with van der Waals surface area (Å²) in [7, 11) is 0. The fraction of sp³-hybridized carbons (Fsp3) is 0.375. The summed E-state index contributed by atoms with van der Waals surface area (Å²) in [5.41, 5.74) is 6.10. The van der Waals surface area contributed by atoms with Crippen molar-refractivity contribution in [3.63, 3.8) is 0 Å². The molecule has 1 aromatic rings. The summed E-state index contributed by atoms with van der Waals surface area (Å²) < 4.78 is 5.24. The van der Waals surface area contributed by atoms with E-state index in [1.54, 1.807) is 18.3 Å². The van der Waals surface area contributed by atoms with Crippen LogP contribution in [0.25, 0.3) is 0 Å². The average Bonchev–Trinajstić information content (AvgIpc) is 2.04. The largest absolute Gasteiger partial charge is 0.478 e. The third-order valence-corrected chi connectivity index (χ3v) is 1.21. The van der Waals surface area contributed by atoms with Crippen LogP contribution in [0.1, 0.15) is 13.3 Å². The van der Waals surface area contributed by atoms with Gasteiger partial charge in [-0.3, -0.25) is 0 Å². The van der Waals surface area contributed by atoms with Gasteiger partial charge in [-0.05, 0) is 12.5 Å². The SMILES string of the molecule is CCCOc1ccc(N)cn1.Cl.Cl. The molecule has 0 saturated carbocycles. The molecule has 0 unspecified atom stereocenters. The second-order valence-corrected chi connectivity index (χ2v) is 2.28. The number of pyridine rings is 1. The fourth-order valence-electron chi connectivity index (χ4n) is 0.684. The molecular weight excluding hydrogens is 211 g/mol. The van der Waals surface area contributed by atoms with Crippen molar-refractivity contribution in [2.75, 3.05) is 12.3 Å². The summed E-state index contributed by atoms with van der Waals surface area (Å²) in [6, 6.07) is 3.54. The number of hydrogen-bond acceptors (Lipinski definition) is 3. The monoisotopic (exact) mass is 224 g/mol. The Bertz CT molecular complexity index is 216. The summed E-state index contributed by atoms with van der Waals surface area (Å²) in [5, 5.41) is 0. The standard InChI is InChI=1S/C8H12N2O.2ClH/c1-2-5-11-8-4-3-7(9)6-10-8;;/h3-4,6H,2,5,9H2,1H3;2*1H. The molecule has 0 saturated heterocycles. The lowest BCUT2D eigenvalue weighted by atomic mass is 10.4. The number of rotatable bonds is 3. The lowest BCUT2D eigenvalue weighted by molar-refractivity contribution is 0.305. The highest BCUT2D eigenvalue weighted by Crippen LogP contribution is 2.07. The van der Waals surface area contributed by atoms with Gasteiger partial charge in [0.15, 0.2) is 0 Å². The second-order valence-electron chi connectivity index (χ2n) is 2.28. The summed E-state index contributed by atoms with van der Waals surface area (Å²) in [4.78, 5) is 3.97. The van der Waals surface area contributed by atoms with E-state index in [2.05, 4.69) is 11.9 Å². The van der Waals surface area contributed by atoms with Crippen molar-refractivity contribution < 1.29 is 4.74 Å². The van der Waals surface area contributed by atoms with E-state index < -0.39 is 0 Å². The molecule has 0 amide bonds. The van der Waals surface area contributed by atoms with Gasteiger partial charge in [-0.1, -0.05) is 6.92 Å². The third-order valence-electron chi connectivity index (χ3n) is 1.21. The van der Waals surface area contributed by atoms with Crippen molar-refractivity contribution in [2.24, 2.45) is 0 Å². The molecule has 1 aromatic heterocycles. The first kappa shape index (κ1) is 14.8. The maximum Gasteiger partial charge on any atom is 0.213 e. The first-order valence-electron chi connectivity index (χ1n) is 3.67. The van der Waals surface area contributed by atoms with E-state index in [0.29, 0.717) is 18.2 Å². The summed E-state index contributed by atoms with van der Waals surface area (Å²) in [5.74, 6) is 0.640. The van der Waals surface area contributed by atoms with E-state index in [-0.39, 0.29) is 24.8 Å². The van der Waals surface area contributed by atoms with E-state index in [1.165, 1.54) is 0 Å². The van der Waals surface area contributed by atoms with E-state index in [0.717, 1.165) is 6.42 Å². The summed E-state index contributed by atoms with van der Waals surface area (Å²) in [6.07, 6.45) is 2.58. The van der Waals surface area contributed by atoms with Crippen molar-refractivity contribution in [1.29, 1.82) is 0 Å². The molecule has 0 bridgehead atoms. The molecule has 0 spiro atoms. The van der Waals surface area contributed by atoms with Gasteiger partial charge in [0.25, 0.3) is 0 Å². The lowest BCUT2D eigenvalue weighted by Gasteiger charge is -2.01. The molecule has 13 heavy (non-hydrogen) atoms. The number of ether oxygens (including phenoxy) is 1. The van der Waals surface area contributed by atoms with Gasteiger partial charge < -0.3 is 10.5 Å². The Morgan fingerprint density at radius 1 is 1.38 bits per heavy atom. The Kier molecular flexibility index (Phi) is 9.07. The number of halogens is 2. The Morgan fingerprint density at radius 2 is 2.08 bits per heavy atom. The number of aromatic nitrogens is 1. The van der Waals surface area contributed by atoms with Gasteiger partial charge in [-0.25, -0.2) is 4.98 Å². The molecule has 0 fully saturated rings. The van der Waals surface area contributed by atoms with Crippen LogP contribution in [0.15, 0.2) is 18.3 Å². The first-order valence-corrected chi connectivity index (χ1v) is 3.67. The minimum Gasteiger partial charge on any atom is -0.478 e. The summed E-state index contributed by atoms with van der Waals surface area (Å²) >= 11 is 0. The van der Waals surface area contributed by atoms with Crippen LogP contribution in [0.5, 0.6) is 5.88 Å². The molecule has 0 aliphatic heterocycles. The Morgan fingerprint density at radius 3 is 2.54 bits per heavy atom. The molecule has 0 aliphatic rings. The number of nitrogens with zero attached hydrogens (tertiary/aromatic N) is 1. The Balaban J connectivity index is 0. The zero-order chi connectivity index (χ0) is 8.10. The zero-order valence-corrected chi connectivity index (χ0v) is 9.03. The van der Waals surface area contributed by atoms with E-state index >= 15 is 0 Å². The highest BCUT2D eigenvalue weighted by atomic mass is 35.5. The quantitative estimate of drug-likeness (QED) is 0.858. The van der Waals surface area contributed by atoms with Gasteiger partial charge in [0, 0.05) is 6.07 Å². The van der Waals surface area contributed by atoms with Gasteiger partial charge in [0.05, 0.1) is 18.5 Å². The van der Waals surface area contributed by atoms with Gasteiger partial charge in [-0.2, -0.15) is 0 Å². The zero-order valence-electron chi connectivity index (χ0n) is 7.40. The molecule has 76 valence electrons. The van der Waals surface area contributed by atoms with E-state index in [9.17, 15) is 0 Å². The molecule has 0 atom stereocenters. The maximum absolute atomic E-state index is 5.44. The third kappa shape index (κ3) is 5.55. The normalized spacial score (nSPS) is 8.08. The number of hydrogen-bond donors (Lipinski definition) is 1. The minimum atomic E-state index is 0. The Hall–Kier alpha value is -0.670. The number of nitrogen functional groups attached to an aromatic ring is 1. The van der Waals surface area contributed by atoms with Crippen molar-refractivity contribution >= 4 is 30.5 Å². The molecule has 2 N–H and O–H groups in total. The van der Waals surface area contributed by atoms with Crippen LogP contribution in [-0.2, 0) is 0 Å². The van der Waals surface area contributed by atoms with Crippen molar-refractivity contribution in [3.8, 4) is 5.88 Å². The highest BCUT2D eigenvalue weighted by molar-refractivity contribution is 5.85. The van der Waals surface area contributed by atoms with Crippen LogP contribution in [0.4, 0.5) is 5.69 Å². The lowest BCUT2D eigenvalue weighted by Crippen LogP contribution is -1.97. The van der Waals surface area contributed by atoms with Crippen molar-refractivity contribution in [1.82, 2.24) is 4.98 Å². The number of anilines is 1. The average molecular weight is 225 g/mol. The van der Waals surface area contributed by atoms with Crippen LogP contribution < -0.4 is 10.5 Å². The van der Waals surface area contributed by atoms with Gasteiger partial charge in [0.1, 0.15) is 0 Å². The first-order chi connectivity index (χ1) is 5.33. The summed E-state index contributed by atoms with van der Waals surface area (Å²) in [6.45, 7) is 2.76. The molecule has 5 heteroatoms. The molecule has 3 nitrogen and oxygen atoms in total. The Labute approximate surface area is 90.5 Å². The van der Waals surface area contributed by atoms with Crippen LogP contribution >= 0.6 is 24.8 Å². The van der Waals surface area contributed by atoms with Crippen LogP contribution in [0.3, 0.4) is 0 Å². The predicted molar refractivity (Wildman–Crippen MR) is 58.9 cm³/mol. The minimum absolute atomic E-state index is 0. The predicted octanol–water partition coefficient (Wildman–Crippen LogP) is 2.30. The van der Waals surface area contributed by atoms with Crippen molar-refractivity contribution in [3.05, 3.63) is 18.3 Å². The topological polar surface area (TPSA) is 48.1 Å². The molecule has 1 heterocycles. The van der Waals surface area contributed by atoms with E-state index in [1.807, 2.05) is 0 Å². The molecular formula is C8H14Cl2N2O. The smallest absolute Gasteiger partial charge is 0.213 e. The van der Waals surface area contributed by atoms with Crippen LogP contribution in [0.2, 0.25) is 0 Å². The van der Waals surface area contributed by atoms with Crippen LogP contribution in [0, 0.1) is 0 Å². The molecule has 0 aliphatic carbocycles. The maximum atomic E-state index is 5.44. The van der Waals surface area contributed by atoms with Gasteiger partial charge in [0.2, 0.25) is 5.88 Å². The molecule has 1 rings (SSSR count). The van der Waals surface area contributed by atoms with Gasteiger partial charge in [-0.15, -0.1) is 24.8 Å². The fourth-order valence-corrected chi connectivity index (χ4v) is 0.684. The molecule has 0 aromatic carbocycles. The van der Waals surface area contributed by atoms with Gasteiger partial charge >= 0.3 is 0 Å². The van der Waals surface area contributed by atoms with Crippen molar-refractivity contribution in [2.45, 2.75) is 13.3 Å². The number of nitrogens with two attached hydrogens (primary N) is 1.